The number of nitrogens with one attached hydrogen (secondary N) is 2. The SMILES string of the molecule is CC(N)CC(=O)NCC(=O)Nc1ccc(Cl)cc1. The monoisotopic (exact) mass is 269 g/mol. The van der Waals surface area contributed by atoms with E-state index in [-0.39, 0.29) is 30.8 Å². The van der Waals surface area contributed by atoms with Crippen LogP contribution in [-0.2, 0) is 9.59 Å². The minimum Gasteiger partial charge on any atom is -0.347 e. The quantitative estimate of drug-likeness (QED) is 0.749. The number of hydrogen-bond donors (Lipinski definition) is 3. The Bertz CT molecular complexity index is 418. The number of amides is 2. The van der Waals surface area contributed by atoms with Gasteiger partial charge in [0.1, 0.15) is 0 Å². The maximum absolute atomic E-state index is 11.5. The summed E-state index contributed by atoms with van der Waals surface area (Å²) in [5.74, 6) is -0.536. The third kappa shape index (κ3) is 5.65. The predicted octanol–water partition coefficient (Wildman–Crippen LogP) is 1.13. The summed E-state index contributed by atoms with van der Waals surface area (Å²) in [7, 11) is 0. The van der Waals surface area contributed by atoms with E-state index < -0.39 is 0 Å². The molecule has 0 saturated heterocycles. The summed E-state index contributed by atoms with van der Waals surface area (Å²) in [6, 6.07) is 6.50. The molecule has 0 aliphatic heterocycles. The van der Waals surface area contributed by atoms with Gasteiger partial charge in [-0.2, -0.15) is 0 Å². The van der Waals surface area contributed by atoms with Gasteiger partial charge in [-0.25, -0.2) is 0 Å². The average molecular weight is 270 g/mol. The summed E-state index contributed by atoms with van der Waals surface area (Å²) in [6.07, 6.45) is 0.203. The summed E-state index contributed by atoms with van der Waals surface area (Å²) in [5, 5.41) is 5.72. The first-order chi connectivity index (χ1) is 8.47. The predicted molar refractivity (Wildman–Crippen MR) is 71.4 cm³/mol. The van der Waals surface area contributed by atoms with Gasteiger partial charge in [0.15, 0.2) is 0 Å². The number of hydrogen-bond acceptors (Lipinski definition) is 3. The van der Waals surface area contributed by atoms with Crippen molar-refractivity contribution in [3.05, 3.63) is 29.3 Å². The molecule has 1 unspecified atom stereocenters. The lowest BCUT2D eigenvalue weighted by Gasteiger charge is -2.08. The van der Waals surface area contributed by atoms with Gasteiger partial charge in [-0.15, -0.1) is 0 Å². The van der Waals surface area contributed by atoms with Crippen LogP contribution < -0.4 is 16.4 Å². The maximum atomic E-state index is 11.5. The maximum Gasteiger partial charge on any atom is 0.243 e. The van der Waals surface area contributed by atoms with E-state index in [2.05, 4.69) is 10.6 Å². The van der Waals surface area contributed by atoms with Gasteiger partial charge in [0, 0.05) is 23.2 Å². The van der Waals surface area contributed by atoms with Crippen LogP contribution in [0.5, 0.6) is 0 Å². The van der Waals surface area contributed by atoms with Crippen molar-refractivity contribution in [2.24, 2.45) is 5.73 Å². The van der Waals surface area contributed by atoms with E-state index in [1.165, 1.54) is 0 Å². The van der Waals surface area contributed by atoms with E-state index in [0.717, 1.165) is 0 Å². The second-order valence-electron chi connectivity index (χ2n) is 4.01. The zero-order chi connectivity index (χ0) is 13.5. The molecule has 98 valence electrons. The second-order valence-corrected chi connectivity index (χ2v) is 4.45. The highest BCUT2D eigenvalue weighted by atomic mass is 35.5. The van der Waals surface area contributed by atoms with Gasteiger partial charge < -0.3 is 16.4 Å². The van der Waals surface area contributed by atoms with E-state index in [4.69, 9.17) is 17.3 Å². The minimum atomic E-state index is -0.296. The van der Waals surface area contributed by atoms with Gasteiger partial charge in [-0.1, -0.05) is 11.6 Å². The Morgan fingerprint density at radius 1 is 1.28 bits per heavy atom. The van der Waals surface area contributed by atoms with Gasteiger partial charge in [0.25, 0.3) is 0 Å². The van der Waals surface area contributed by atoms with Crippen LogP contribution in [0.1, 0.15) is 13.3 Å². The zero-order valence-corrected chi connectivity index (χ0v) is 10.8. The Kier molecular flexibility index (Phi) is 5.61. The molecule has 4 N–H and O–H groups in total. The number of carbonyl (C=O) groups excluding carboxylic acids is 2. The van der Waals surface area contributed by atoms with E-state index in [9.17, 15) is 9.59 Å². The van der Waals surface area contributed by atoms with Crippen molar-refractivity contribution < 1.29 is 9.59 Å². The van der Waals surface area contributed by atoms with Crippen molar-refractivity contribution >= 4 is 29.1 Å². The highest BCUT2D eigenvalue weighted by Gasteiger charge is 2.07. The van der Waals surface area contributed by atoms with Crippen molar-refractivity contribution in [2.75, 3.05) is 11.9 Å². The number of rotatable bonds is 5. The van der Waals surface area contributed by atoms with E-state index >= 15 is 0 Å². The average Bonchev–Trinajstić information content (AvgIpc) is 2.29. The van der Waals surface area contributed by atoms with Gasteiger partial charge in [0.2, 0.25) is 11.8 Å². The summed E-state index contributed by atoms with van der Waals surface area (Å²) in [5.41, 5.74) is 6.09. The fourth-order valence-corrected chi connectivity index (χ4v) is 1.41. The van der Waals surface area contributed by atoms with E-state index in [1.54, 1.807) is 31.2 Å². The summed E-state index contributed by atoms with van der Waals surface area (Å²) in [4.78, 5) is 22.8. The molecule has 1 aromatic carbocycles. The summed E-state index contributed by atoms with van der Waals surface area (Å²) in [6.45, 7) is 1.65. The number of nitrogens with two attached hydrogens (primary N) is 1. The third-order valence-corrected chi connectivity index (χ3v) is 2.33. The minimum absolute atomic E-state index is 0.0752. The van der Waals surface area contributed by atoms with Gasteiger partial charge in [-0.3, -0.25) is 9.59 Å². The first kappa shape index (κ1) is 14.5. The van der Waals surface area contributed by atoms with E-state index in [1.807, 2.05) is 0 Å². The summed E-state index contributed by atoms with van der Waals surface area (Å²) < 4.78 is 0. The van der Waals surface area contributed by atoms with Crippen LogP contribution in [0.3, 0.4) is 0 Å². The molecule has 6 heteroatoms. The highest BCUT2D eigenvalue weighted by Crippen LogP contribution is 2.12. The van der Waals surface area contributed by atoms with Crippen LogP contribution in [-0.4, -0.2) is 24.4 Å². The number of carbonyl (C=O) groups is 2. The molecule has 1 aromatic rings. The molecule has 1 rings (SSSR count). The number of halogens is 1. The van der Waals surface area contributed by atoms with Crippen molar-refractivity contribution in [3.63, 3.8) is 0 Å². The Labute approximate surface area is 111 Å². The lowest BCUT2D eigenvalue weighted by atomic mass is 10.2. The molecule has 0 bridgehead atoms. The Morgan fingerprint density at radius 2 is 1.89 bits per heavy atom. The number of benzene rings is 1. The molecule has 0 spiro atoms. The Morgan fingerprint density at radius 3 is 2.44 bits per heavy atom. The van der Waals surface area contributed by atoms with Gasteiger partial charge in [0.05, 0.1) is 6.54 Å². The van der Waals surface area contributed by atoms with Crippen molar-refractivity contribution in [2.45, 2.75) is 19.4 Å². The fourth-order valence-electron chi connectivity index (χ4n) is 1.28. The Hall–Kier alpha value is -1.59. The molecule has 0 saturated carbocycles. The normalized spacial score (nSPS) is 11.7. The fraction of sp³-hybridized carbons (Fsp3) is 0.333. The molecule has 0 radical (unpaired) electrons. The van der Waals surface area contributed by atoms with Crippen LogP contribution >= 0.6 is 11.6 Å². The molecule has 0 aliphatic carbocycles. The number of anilines is 1. The van der Waals surface area contributed by atoms with Crippen LogP contribution in [0.15, 0.2) is 24.3 Å². The highest BCUT2D eigenvalue weighted by molar-refractivity contribution is 6.30. The molecule has 1 atom stereocenters. The molecule has 0 fully saturated rings. The molecule has 5 nitrogen and oxygen atoms in total. The molecule has 0 aliphatic rings. The van der Waals surface area contributed by atoms with Crippen molar-refractivity contribution in [1.29, 1.82) is 0 Å². The van der Waals surface area contributed by atoms with Crippen LogP contribution in [0.2, 0.25) is 5.02 Å². The Balaban J connectivity index is 2.34. The standard InChI is InChI=1S/C12H16ClN3O2/c1-8(14)6-11(17)15-7-12(18)16-10-4-2-9(13)3-5-10/h2-5,8H,6-7,14H2,1H3,(H,15,17)(H,16,18). The van der Waals surface area contributed by atoms with Crippen LogP contribution in [0.25, 0.3) is 0 Å². The van der Waals surface area contributed by atoms with Gasteiger partial charge >= 0.3 is 0 Å². The van der Waals surface area contributed by atoms with Crippen molar-refractivity contribution in [1.82, 2.24) is 5.32 Å². The molecular weight excluding hydrogens is 254 g/mol. The summed E-state index contributed by atoms with van der Waals surface area (Å²) >= 11 is 5.72. The largest absolute Gasteiger partial charge is 0.347 e. The smallest absolute Gasteiger partial charge is 0.243 e. The third-order valence-electron chi connectivity index (χ3n) is 2.08. The molecule has 0 aromatic heterocycles. The molecule has 18 heavy (non-hydrogen) atoms. The molecule has 0 heterocycles. The van der Waals surface area contributed by atoms with E-state index in [0.29, 0.717) is 10.7 Å². The van der Waals surface area contributed by atoms with Crippen LogP contribution in [0.4, 0.5) is 5.69 Å². The molecular formula is C12H16ClN3O2. The van der Waals surface area contributed by atoms with Gasteiger partial charge in [-0.05, 0) is 31.2 Å². The van der Waals surface area contributed by atoms with Crippen LogP contribution in [0, 0.1) is 0 Å². The first-order valence-electron chi connectivity index (χ1n) is 5.55. The lowest BCUT2D eigenvalue weighted by Crippen LogP contribution is -2.35. The van der Waals surface area contributed by atoms with Crippen molar-refractivity contribution in [3.8, 4) is 0 Å². The first-order valence-corrected chi connectivity index (χ1v) is 5.93. The lowest BCUT2D eigenvalue weighted by molar-refractivity contribution is -0.124. The zero-order valence-electron chi connectivity index (χ0n) is 10.1. The topological polar surface area (TPSA) is 84.2 Å². The molecule has 2 amide bonds. The second kappa shape index (κ2) is 6.98.